The molecule has 0 saturated heterocycles. The van der Waals surface area contributed by atoms with Gasteiger partial charge in [-0.15, -0.1) is 24.0 Å². The number of hydrogen-bond donors (Lipinski definition) is 0. The van der Waals surface area contributed by atoms with Gasteiger partial charge >= 0.3 is 0 Å². The lowest BCUT2D eigenvalue weighted by atomic mass is 10.5. The van der Waals surface area contributed by atoms with Crippen LogP contribution in [-0.4, -0.2) is 4.57 Å². The molecule has 3 heteroatoms. The minimum Gasteiger partial charge on any atom is -0.240 e. The maximum absolute atomic E-state index is 2.18. The summed E-state index contributed by atoms with van der Waals surface area (Å²) in [6.45, 7) is 3.31. The van der Waals surface area contributed by atoms with Crippen LogP contribution in [0.25, 0.3) is 0 Å². The summed E-state index contributed by atoms with van der Waals surface area (Å²) in [6.07, 6.45) is 7.43. The maximum atomic E-state index is 2.18. The Balaban J connectivity index is 0.000000810. The summed E-state index contributed by atoms with van der Waals surface area (Å²) >= 11 is 0. The summed E-state index contributed by atoms with van der Waals surface area (Å²) in [5.74, 6) is 0. The standard InChI is InChI=1S/C7H13N2.HI/c1-3-4-9-6-5-8(2)7-9;/h5-7H,3-4H2,1-2H3;1H/q+1;. The Bertz CT molecular complexity index is 183. The van der Waals surface area contributed by atoms with Gasteiger partial charge in [0.1, 0.15) is 12.4 Å². The van der Waals surface area contributed by atoms with E-state index in [1.165, 1.54) is 6.42 Å². The van der Waals surface area contributed by atoms with Crippen LogP contribution in [0.15, 0.2) is 18.7 Å². The molecule has 0 amide bonds. The average molecular weight is 253 g/mol. The Morgan fingerprint density at radius 3 is 2.60 bits per heavy atom. The topological polar surface area (TPSA) is 8.81 Å². The van der Waals surface area contributed by atoms with E-state index in [0.717, 1.165) is 6.54 Å². The van der Waals surface area contributed by atoms with Gasteiger partial charge in [-0.1, -0.05) is 6.92 Å². The molecule has 1 heterocycles. The molecule has 0 aliphatic carbocycles. The Labute approximate surface area is 78.9 Å². The predicted octanol–water partition coefficient (Wildman–Crippen LogP) is 1.34. The van der Waals surface area contributed by atoms with Crippen LogP contribution in [-0.2, 0) is 13.6 Å². The summed E-state index contributed by atoms with van der Waals surface area (Å²) in [5.41, 5.74) is 0. The van der Waals surface area contributed by atoms with Crippen LogP contribution >= 0.6 is 24.0 Å². The fourth-order valence-corrected chi connectivity index (χ4v) is 0.892. The second-order valence-electron chi connectivity index (χ2n) is 2.32. The van der Waals surface area contributed by atoms with Gasteiger partial charge in [-0.05, 0) is 6.42 Å². The Morgan fingerprint density at radius 1 is 1.50 bits per heavy atom. The van der Waals surface area contributed by atoms with Crippen molar-refractivity contribution in [3.63, 3.8) is 0 Å². The van der Waals surface area contributed by atoms with Gasteiger partial charge in [-0.2, -0.15) is 0 Å². The molecule has 0 bridgehead atoms. The number of aryl methyl sites for hydroxylation is 2. The fourth-order valence-electron chi connectivity index (χ4n) is 0.892. The van der Waals surface area contributed by atoms with Gasteiger partial charge in [0.2, 0.25) is 6.33 Å². The van der Waals surface area contributed by atoms with Crippen LogP contribution in [0.5, 0.6) is 0 Å². The van der Waals surface area contributed by atoms with E-state index in [0.29, 0.717) is 0 Å². The van der Waals surface area contributed by atoms with Crippen LogP contribution in [0.4, 0.5) is 0 Å². The van der Waals surface area contributed by atoms with Crippen molar-refractivity contribution in [2.75, 3.05) is 0 Å². The lowest BCUT2D eigenvalue weighted by Crippen LogP contribution is -2.30. The van der Waals surface area contributed by atoms with E-state index in [-0.39, 0.29) is 24.0 Å². The highest BCUT2D eigenvalue weighted by molar-refractivity contribution is 14.0. The van der Waals surface area contributed by atoms with Crippen molar-refractivity contribution >= 4 is 24.0 Å². The van der Waals surface area contributed by atoms with Crippen molar-refractivity contribution in [1.29, 1.82) is 0 Å². The molecule has 1 rings (SSSR count). The molecule has 0 saturated carbocycles. The molecule has 0 unspecified atom stereocenters. The molecule has 1 aromatic rings. The van der Waals surface area contributed by atoms with Gasteiger partial charge in [-0.25, -0.2) is 9.13 Å². The average Bonchev–Trinajstić information content (AvgIpc) is 2.17. The number of rotatable bonds is 2. The summed E-state index contributed by atoms with van der Waals surface area (Å²) in [4.78, 5) is 0. The minimum atomic E-state index is 0. The summed E-state index contributed by atoms with van der Waals surface area (Å²) in [7, 11) is 2.03. The van der Waals surface area contributed by atoms with E-state index >= 15 is 0 Å². The molecular weight excluding hydrogens is 239 g/mol. The molecule has 10 heavy (non-hydrogen) atoms. The quantitative estimate of drug-likeness (QED) is 0.555. The molecular formula is C7H14IN2+. The second-order valence-corrected chi connectivity index (χ2v) is 2.32. The first-order valence-corrected chi connectivity index (χ1v) is 3.34. The maximum Gasteiger partial charge on any atom is 0.243 e. The third kappa shape index (κ3) is 2.68. The molecule has 0 N–H and O–H groups in total. The van der Waals surface area contributed by atoms with Crippen molar-refractivity contribution in [2.45, 2.75) is 19.9 Å². The molecule has 0 fully saturated rings. The molecule has 0 aromatic carbocycles. The first-order valence-electron chi connectivity index (χ1n) is 3.34. The van der Waals surface area contributed by atoms with E-state index in [1.54, 1.807) is 0 Å². The van der Waals surface area contributed by atoms with Crippen molar-refractivity contribution in [3.05, 3.63) is 18.7 Å². The highest BCUT2D eigenvalue weighted by Gasteiger charge is 1.94. The van der Waals surface area contributed by atoms with Crippen molar-refractivity contribution in [1.82, 2.24) is 4.57 Å². The lowest BCUT2D eigenvalue weighted by molar-refractivity contribution is -0.696. The minimum absolute atomic E-state index is 0. The molecule has 0 radical (unpaired) electrons. The Morgan fingerprint density at radius 2 is 2.20 bits per heavy atom. The van der Waals surface area contributed by atoms with Gasteiger partial charge in [0.15, 0.2) is 0 Å². The Kier molecular flexibility index (Phi) is 4.68. The molecule has 0 spiro atoms. The highest BCUT2D eigenvalue weighted by atomic mass is 127. The second kappa shape index (κ2) is 4.71. The highest BCUT2D eigenvalue weighted by Crippen LogP contribution is 1.78. The summed E-state index contributed by atoms with van der Waals surface area (Å²) in [6, 6.07) is 0. The van der Waals surface area contributed by atoms with Gasteiger partial charge < -0.3 is 0 Å². The third-order valence-corrected chi connectivity index (χ3v) is 1.31. The SMILES string of the molecule is CCC[n+]1ccn(C)c1.I. The molecule has 0 aliphatic heterocycles. The van der Waals surface area contributed by atoms with Crippen molar-refractivity contribution < 1.29 is 4.57 Å². The van der Waals surface area contributed by atoms with Crippen LogP contribution in [0.2, 0.25) is 0 Å². The molecule has 58 valence electrons. The van der Waals surface area contributed by atoms with Crippen molar-refractivity contribution in [2.24, 2.45) is 7.05 Å². The van der Waals surface area contributed by atoms with E-state index in [2.05, 4.69) is 34.8 Å². The van der Waals surface area contributed by atoms with Crippen LogP contribution in [0.1, 0.15) is 13.3 Å². The lowest BCUT2D eigenvalue weighted by Gasteiger charge is -1.86. The number of nitrogens with zero attached hydrogens (tertiary/aromatic N) is 2. The molecule has 0 atom stereocenters. The van der Waals surface area contributed by atoms with Gasteiger partial charge in [0, 0.05) is 0 Å². The first kappa shape index (κ1) is 9.94. The van der Waals surface area contributed by atoms with E-state index in [9.17, 15) is 0 Å². The van der Waals surface area contributed by atoms with Crippen LogP contribution < -0.4 is 4.57 Å². The predicted molar refractivity (Wildman–Crippen MR) is 51.3 cm³/mol. The zero-order valence-corrected chi connectivity index (χ0v) is 8.78. The van der Waals surface area contributed by atoms with E-state index < -0.39 is 0 Å². The van der Waals surface area contributed by atoms with Crippen LogP contribution in [0.3, 0.4) is 0 Å². The van der Waals surface area contributed by atoms with Crippen LogP contribution in [0, 0.1) is 0 Å². The molecule has 2 nitrogen and oxygen atoms in total. The third-order valence-electron chi connectivity index (χ3n) is 1.31. The molecule has 1 aromatic heterocycles. The Hall–Kier alpha value is -0.0600. The number of imidazole rings is 1. The van der Waals surface area contributed by atoms with Gasteiger partial charge in [0.05, 0.1) is 13.6 Å². The first-order chi connectivity index (χ1) is 4.33. The van der Waals surface area contributed by atoms with E-state index in [4.69, 9.17) is 0 Å². The normalized spacial score (nSPS) is 9.00. The number of aromatic nitrogens is 2. The largest absolute Gasteiger partial charge is 0.243 e. The monoisotopic (exact) mass is 253 g/mol. The summed E-state index contributed by atoms with van der Waals surface area (Å²) < 4.78 is 4.23. The smallest absolute Gasteiger partial charge is 0.240 e. The molecule has 0 aliphatic rings. The zero-order chi connectivity index (χ0) is 6.69. The van der Waals surface area contributed by atoms with Crippen molar-refractivity contribution in [3.8, 4) is 0 Å². The zero-order valence-electron chi connectivity index (χ0n) is 6.45. The summed E-state index contributed by atoms with van der Waals surface area (Å²) in [5, 5.41) is 0. The van der Waals surface area contributed by atoms with Gasteiger partial charge in [-0.3, -0.25) is 0 Å². The number of halogens is 1. The van der Waals surface area contributed by atoms with Gasteiger partial charge in [0.25, 0.3) is 0 Å². The van der Waals surface area contributed by atoms with E-state index in [1.807, 2.05) is 7.05 Å². The number of hydrogen-bond acceptors (Lipinski definition) is 0. The fraction of sp³-hybridized carbons (Fsp3) is 0.571.